The van der Waals surface area contributed by atoms with Gasteiger partial charge in [-0.15, -0.1) is 0 Å². The SMILES string of the molecule is CC1(C)C(/C=C/C=C2/N(CCCS(=O)(=O)O)c3ccc(S(=O)(=O)O)cc3C2(C)CCCCCC(=O)CC(CS(=O)(=O)O)C(=O)O)=[N+](CCCS(=O)(=O)O)c2ccccc21. The van der Waals surface area contributed by atoms with Gasteiger partial charge >= 0.3 is 5.97 Å². The second-order valence-electron chi connectivity index (χ2n) is 15.6. The third-order valence-corrected chi connectivity index (χ3v) is 14.0. The number of carboxylic acid groups (broad SMARTS) is 1. The number of carbonyl (C=O) groups excluding carboxylic acids is 1. The molecule has 2 atom stereocenters. The van der Waals surface area contributed by atoms with E-state index in [-0.39, 0.29) is 37.2 Å². The first kappa shape index (κ1) is 47.8. The second kappa shape index (κ2) is 18.4. The topological polar surface area (TPSA) is 278 Å². The number of Topliss-reactive ketones (excluding diaryl/α,β-unsaturated/α-hetero) is 1. The van der Waals surface area contributed by atoms with Crippen LogP contribution < -0.4 is 4.90 Å². The van der Waals surface area contributed by atoms with E-state index in [0.717, 1.165) is 17.0 Å². The van der Waals surface area contributed by atoms with Crippen LogP contribution in [0.25, 0.3) is 0 Å². The lowest BCUT2D eigenvalue weighted by atomic mass is 9.77. The molecule has 0 saturated heterocycles. The zero-order chi connectivity index (χ0) is 44.2. The molecule has 2 aliphatic rings. The van der Waals surface area contributed by atoms with Crippen LogP contribution in [0, 0.1) is 5.92 Å². The molecule has 326 valence electrons. The van der Waals surface area contributed by atoms with Crippen LogP contribution in [0.3, 0.4) is 0 Å². The molecule has 21 heteroatoms. The Bertz CT molecular complexity index is 2490. The summed E-state index contributed by atoms with van der Waals surface area (Å²) in [6.07, 6.45) is 6.40. The molecule has 0 amide bonds. The Kier molecular flexibility index (Phi) is 14.9. The number of allylic oxidation sites excluding steroid dienone is 4. The lowest BCUT2D eigenvalue weighted by molar-refractivity contribution is -0.437. The monoisotopic (exact) mass is 903 g/mol. The van der Waals surface area contributed by atoms with Crippen LogP contribution in [0.5, 0.6) is 0 Å². The normalized spacial score (nSPS) is 19.4. The van der Waals surface area contributed by atoms with Crippen molar-refractivity contribution >= 4 is 69.3 Å². The van der Waals surface area contributed by atoms with Crippen LogP contribution in [-0.4, -0.2) is 109 Å². The van der Waals surface area contributed by atoms with E-state index in [4.69, 9.17) is 4.55 Å². The van der Waals surface area contributed by atoms with Gasteiger partial charge < -0.3 is 10.0 Å². The van der Waals surface area contributed by atoms with Crippen LogP contribution in [0.4, 0.5) is 11.4 Å². The number of aliphatic carboxylic acids is 1. The van der Waals surface area contributed by atoms with Gasteiger partial charge in [0.1, 0.15) is 12.3 Å². The molecule has 2 aromatic rings. The molecule has 2 aromatic carbocycles. The van der Waals surface area contributed by atoms with E-state index < -0.39 is 92.7 Å². The largest absolute Gasteiger partial charge is 0.481 e. The summed E-state index contributed by atoms with van der Waals surface area (Å²) < 4.78 is 134. The highest BCUT2D eigenvalue weighted by Crippen LogP contribution is 2.51. The van der Waals surface area contributed by atoms with E-state index in [1.165, 1.54) is 18.2 Å². The van der Waals surface area contributed by atoms with E-state index in [1.54, 1.807) is 12.2 Å². The summed E-state index contributed by atoms with van der Waals surface area (Å²) in [7, 11) is -17.9. The predicted octanol–water partition coefficient (Wildman–Crippen LogP) is 4.58. The minimum absolute atomic E-state index is 0.0201. The zero-order valence-electron chi connectivity index (χ0n) is 32.9. The summed E-state index contributed by atoms with van der Waals surface area (Å²) >= 11 is 0. The third kappa shape index (κ3) is 12.6. The van der Waals surface area contributed by atoms with Gasteiger partial charge in [-0.25, -0.2) is 0 Å². The lowest BCUT2D eigenvalue weighted by Crippen LogP contribution is -2.30. The van der Waals surface area contributed by atoms with Crippen molar-refractivity contribution < 1.29 is 71.2 Å². The Balaban J connectivity index is 1.72. The minimum atomic E-state index is -4.66. The maximum atomic E-state index is 12.6. The number of carbonyl (C=O) groups is 2. The van der Waals surface area contributed by atoms with E-state index in [1.807, 2.05) is 60.6 Å². The molecule has 0 bridgehead atoms. The van der Waals surface area contributed by atoms with Crippen molar-refractivity contribution in [1.82, 2.24) is 0 Å². The number of ketones is 1. The fourth-order valence-corrected chi connectivity index (χ4v) is 10.2. The first-order valence-electron chi connectivity index (χ1n) is 18.8. The third-order valence-electron chi connectivity index (χ3n) is 10.8. The highest BCUT2D eigenvalue weighted by atomic mass is 32.2. The summed E-state index contributed by atoms with van der Waals surface area (Å²) in [4.78, 5) is 25.5. The Morgan fingerprint density at radius 2 is 1.44 bits per heavy atom. The molecule has 0 saturated carbocycles. The summed E-state index contributed by atoms with van der Waals surface area (Å²) in [6.45, 7) is 6.21. The molecule has 0 fully saturated rings. The van der Waals surface area contributed by atoms with Crippen LogP contribution >= 0.6 is 0 Å². The van der Waals surface area contributed by atoms with Crippen molar-refractivity contribution in [3.8, 4) is 0 Å². The first-order valence-corrected chi connectivity index (χ1v) is 25.0. The van der Waals surface area contributed by atoms with Gasteiger partial charge in [0.2, 0.25) is 5.69 Å². The number of rotatable bonds is 22. The number of anilines is 1. The van der Waals surface area contributed by atoms with Gasteiger partial charge in [0, 0.05) is 60.3 Å². The van der Waals surface area contributed by atoms with Gasteiger partial charge in [0.25, 0.3) is 40.5 Å². The molecule has 0 aliphatic carbocycles. The quantitative estimate of drug-likeness (QED) is 0.0614. The molecule has 2 aliphatic heterocycles. The average molecular weight is 904 g/mol. The van der Waals surface area contributed by atoms with Crippen LogP contribution in [0.1, 0.15) is 83.3 Å². The zero-order valence-corrected chi connectivity index (χ0v) is 36.2. The van der Waals surface area contributed by atoms with Gasteiger partial charge in [0.15, 0.2) is 5.71 Å². The molecule has 0 aromatic heterocycles. The fraction of sp³-hybridized carbons (Fsp3) is 0.500. The molecule has 17 nitrogen and oxygen atoms in total. The number of para-hydroxylation sites is 1. The number of benzene rings is 2. The van der Waals surface area contributed by atoms with Gasteiger partial charge in [-0.1, -0.05) is 37.1 Å². The lowest BCUT2D eigenvalue weighted by Gasteiger charge is -2.30. The average Bonchev–Trinajstić information content (AvgIpc) is 3.45. The summed E-state index contributed by atoms with van der Waals surface area (Å²) in [5, 5.41) is 9.33. The van der Waals surface area contributed by atoms with E-state index in [0.29, 0.717) is 42.6 Å². The van der Waals surface area contributed by atoms with Crippen molar-refractivity contribution in [1.29, 1.82) is 0 Å². The molecule has 0 radical (unpaired) electrons. The number of fused-ring (bicyclic) bond motifs is 2. The molecule has 59 heavy (non-hydrogen) atoms. The minimum Gasteiger partial charge on any atom is -0.481 e. The molecule has 2 unspecified atom stereocenters. The highest BCUT2D eigenvalue weighted by molar-refractivity contribution is 7.86. The summed E-state index contributed by atoms with van der Waals surface area (Å²) in [6, 6.07) is 11.7. The number of hydrogen-bond donors (Lipinski definition) is 5. The standard InChI is InChI=1S/C38H50N2O15S4/c1-37(2)30-13-6-7-14-32(30)39(20-10-22-56(44,45)46)34(37)15-9-16-35-38(3,19-8-4-5-12-28(41)24-27(36(42)43)26-58(50,51)52)31-25-29(59(53,54)55)17-18-33(31)40(35)21-11-23-57(47,48)49/h6-7,9,13-18,25,27H,4-5,8,10-12,19-24,26H2,1-3H3,(H4-,42,43,44,45,46,47,48,49,50,51,52,53,54,55)/p+1. The molecule has 4 rings (SSSR count). The van der Waals surface area contributed by atoms with Gasteiger partial charge in [-0.2, -0.15) is 38.2 Å². The molecular formula is C38H51N2O15S4+. The summed E-state index contributed by atoms with van der Waals surface area (Å²) in [5.41, 5.74) is 2.75. The van der Waals surface area contributed by atoms with Gasteiger partial charge in [0.05, 0.1) is 33.5 Å². The number of carboxylic acids is 1. The van der Waals surface area contributed by atoms with E-state index >= 15 is 0 Å². The Morgan fingerprint density at radius 1 is 0.797 bits per heavy atom. The number of nitrogens with zero attached hydrogens (tertiary/aromatic N) is 2. The maximum Gasteiger partial charge on any atom is 0.308 e. The van der Waals surface area contributed by atoms with Crippen LogP contribution in [-0.2, 0) is 60.9 Å². The maximum absolute atomic E-state index is 12.6. The second-order valence-corrected chi connectivity index (χ2v) is 21.7. The number of hydrogen-bond acceptors (Lipinski definition) is 11. The van der Waals surface area contributed by atoms with Crippen molar-refractivity contribution in [2.45, 2.75) is 87.9 Å². The van der Waals surface area contributed by atoms with Crippen molar-refractivity contribution in [2.75, 3.05) is 35.2 Å². The fourth-order valence-electron chi connectivity index (χ4n) is 7.94. The van der Waals surface area contributed by atoms with Crippen LogP contribution in [0.15, 0.2) is 71.3 Å². The Hall–Kier alpha value is -3.83. The van der Waals surface area contributed by atoms with Crippen molar-refractivity contribution in [3.05, 3.63) is 77.5 Å². The van der Waals surface area contributed by atoms with Crippen molar-refractivity contribution in [2.24, 2.45) is 5.92 Å². The molecular weight excluding hydrogens is 853 g/mol. The van der Waals surface area contributed by atoms with Gasteiger partial charge in [-0.3, -0.25) is 27.8 Å². The summed E-state index contributed by atoms with van der Waals surface area (Å²) in [5.74, 6) is -5.76. The predicted molar refractivity (Wildman–Crippen MR) is 220 cm³/mol. The number of unbranched alkanes of at least 4 members (excludes halogenated alkanes) is 2. The molecule has 5 N–H and O–H groups in total. The van der Waals surface area contributed by atoms with Gasteiger partial charge in [-0.05, 0) is 69.9 Å². The highest BCUT2D eigenvalue weighted by Gasteiger charge is 2.45. The van der Waals surface area contributed by atoms with E-state index in [9.17, 15) is 62.0 Å². The molecule has 0 spiro atoms. The van der Waals surface area contributed by atoms with Crippen molar-refractivity contribution in [3.63, 3.8) is 0 Å². The van der Waals surface area contributed by atoms with E-state index in [2.05, 4.69) is 0 Å². The van der Waals surface area contributed by atoms with Crippen LogP contribution in [0.2, 0.25) is 0 Å². The Morgan fingerprint density at radius 3 is 2.05 bits per heavy atom. The Labute approximate surface area is 345 Å². The first-order chi connectivity index (χ1) is 27.1. The molecule has 2 heterocycles. The smallest absolute Gasteiger partial charge is 0.308 e.